The van der Waals surface area contributed by atoms with Crippen molar-refractivity contribution in [3.8, 4) is 0 Å². The summed E-state index contributed by atoms with van der Waals surface area (Å²) < 4.78 is 5.56. The third-order valence-corrected chi connectivity index (χ3v) is 3.48. The van der Waals surface area contributed by atoms with Gasteiger partial charge in [-0.1, -0.05) is 0 Å². The Balaban J connectivity index is 2.06. The first-order valence-corrected chi connectivity index (χ1v) is 6.58. The zero-order valence-electron chi connectivity index (χ0n) is 11.8. The normalized spacial score (nSPS) is 17.1. The van der Waals surface area contributed by atoms with Gasteiger partial charge < -0.3 is 9.32 Å². The second-order valence-corrected chi connectivity index (χ2v) is 5.04. The molecule has 0 aliphatic carbocycles. The van der Waals surface area contributed by atoms with Crippen LogP contribution in [0.1, 0.15) is 28.3 Å². The lowest BCUT2D eigenvalue weighted by molar-refractivity contribution is -0.130. The maximum absolute atomic E-state index is 11.8. The van der Waals surface area contributed by atoms with Crippen molar-refractivity contribution in [3.63, 3.8) is 0 Å². The van der Waals surface area contributed by atoms with E-state index in [0.29, 0.717) is 30.2 Å². The van der Waals surface area contributed by atoms with Gasteiger partial charge in [0, 0.05) is 20.1 Å². The number of nitrogens with zero attached hydrogens (tertiary/aromatic N) is 2. The summed E-state index contributed by atoms with van der Waals surface area (Å²) in [5.74, 6) is 6.04. The number of rotatable bonds is 3. The van der Waals surface area contributed by atoms with Gasteiger partial charge in [-0.05, 0) is 19.4 Å². The molecule has 0 bridgehead atoms. The minimum Gasteiger partial charge on any atom is -0.464 e. The van der Waals surface area contributed by atoms with Crippen LogP contribution in [-0.2, 0) is 11.3 Å². The number of hydrogen-bond acceptors (Lipinski definition) is 5. The summed E-state index contributed by atoms with van der Waals surface area (Å²) in [5, 5.41) is 0. The lowest BCUT2D eigenvalue weighted by Gasteiger charge is -2.17. The van der Waals surface area contributed by atoms with E-state index in [1.165, 1.54) is 0 Å². The van der Waals surface area contributed by atoms with Crippen molar-refractivity contribution < 1.29 is 14.0 Å². The molecule has 0 unspecified atom stereocenters. The minimum atomic E-state index is -0.371. The molecule has 1 aromatic heterocycles. The zero-order valence-corrected chi connectivity index (χ0v) is 11.8. The van der Waals surface area contributed by atoms with Gasteiger partial charge in [0.15, 0.2) is 0 Å². The number of furan rings is 1. The molecular weight excluding hydrogens is 260 g/mol. The summed E-state index contributed by atoms with van der Waals surface area (Å²) in [7, 11) is 1.81. The van der Waals surface area contributed by atoms with E-state index in [9.17, 15) is 9.59 Å². The van der Waals surface area contributed by atoms with Gasteiger partial charge >= 0.3 is 0 Å². The molecule has 110 valence electrons. The van der Waals surface area contributed by atoms with Crippen LogP contribution < -0.4 is 11.3 Å². The van der Waals surface area contributed by atoms with E-state index < -0.39 is 0 Å². The maximum Gasteiger partial charge on any atom is 0.268 e. The van der Waals surface area contributed by atoms with E-state index in [0.717, 1.165) is 19.5 Å². The summed E-state index contributed by atoms with van der Waals surface area (Å²) in [5.41, 5.74) is 2.52. The molecule has 2 amide bonds. The first kappa shape index (κ1) is 14.5. The molecule has 1 fully saturated rings. The van der Waals surface area contributed by atoms with Crippen molar-refractivity contribution in [3.05, 3.63) is 23.2 Å². The highest BCUT2D eigenvalue weighted by Crippen LogP contribution is 2.17. The number of hydrazine groups is 1. The van der Waals surface area contributed by atoms with Crippen LogP contribution >= 0.6 is 0 Å². The summed E-state index contributed by atoms with van der Waals surface area (Å²) in [6.45, 7) is 4.20. The number of hydrogen-bond donors (Lipinski definition) is 2. The molecule has 2 rings (SSSR count). The molecule has 0 radical (unpaired) electrons. The zero-order chi connectivity index (χ0) is 14.7. The van der Waals surface area contributed by atoms with Gasteiger partial charge in [0.25, 0.3) is 5.91 Å². The predicted octanol–water partition coefficient (Wildman–Crippen LogP) is -0.144. The SMILES string of the molecule is Cc1oc(CN2CCCN(C)C(=O)C2)cc1C(=O)NN. The fraction of sp³-hybridized carbons (Fsp3) is 0.538. The van der Waals surface area contributed by atoms with E-state index in [4.69, 9.17) is 10.3 Å². The van der Waals surface area contributed by atoms with Crippen LogP contribution in [0.25, 0.3) is 0 Å². The molecule has 1 aromatic rings. The van der Waals surface area contributed by atoms with Crippen LogP contribution in [0.3, 0.4) is 0 Å². The van der Waals surface area contributed by atoms with Crippen LogP contribution in [0, 0.1) is 6.92 Å². The lowest BCUT2D eigenvalue weighted by atomic mass is 10.2. The number of likely N-dealkylation sites (N-methyl/N-ethyl adjacent to an activating group) is 1. The summed E-state index contributed by atoms with van der Waals surface area (Å²) >= 11 is 0. The highest BCUT2D eigenvalue weighted by atomic mass is 16.3. The average Bonchev–Trinajstić information content (AvgIpc) is 2.69. The standard InChI is InChI=1S/C13H20N4O3/c1-9-11(13(19)15-14)6-10(20-9)7-17-5-3-4-16(2)12(18)8-17/h6H,3-5,7-8,14H2,1-2H3,(H,15,19). The Morgan fingerprint density at radius 3 is 2.95 bits per heavy atom. The molecule has 0 saturated carbocycles. The average molecular weight is 280 g/mol. The number of nitrogens with two attached hydrogens (primary N) is 1. The highest BCUT2D eigenvalue weighted by molar-refractivity contribution is 5.94. The van der Waals surface area contributed by atoms with Crippen LogP contribution in [0.2, 0.25) is 0 Å². The second-order valence-electron chi connectivity index (χ2n) is 5.04. The van der Waals surface area contributed by atoms with Gasteiger partial charge in [-0.2, -0.15) is 0 Å². The topological polar surface area (TPSA) is 91.8 Å². The molecule has 2 heterocycles. The molecule has 7 heteroatoms. The van der Waals surface area contributed by atoms with Crippen molar-refractivity contribution >= 4 is 11.8 Å². The van der Waals surface area contributed by atoms with Gasteiger partial charge in [0.05, 0.1) is 18.7 Å². The summed E-state index contributed by atoms with van der Waals surface area (Å²) in [4.78, 5) is 27.1. The predicted molar refractivity (Wildman–Crippen MR) is 72.6 cm³/mol. The number of carbonyl (C=O) groups excluding carboxylic acids is 2. The highest BCUT2D eigenvalue weighted by Gasteiger charge is 2.21. The summed E-state index contributed by atoms with van der Waals surface area (Å²) in [6, 6.07) is 1.68. The van der Waals surface area contributed by atoms with Gasteiger partial charge in [-0.15, -0.1) is 0 Å². The molecule has 7 nitrogen and oxygen atoms in total. The molecular formula is C13H20N4O3. The van der Waals surface area contributed by atoms with Gasteiger partial charge in [0.1, 0.15) is 11.5 Å². The van der Waals surface area contributed by atoms with Gasteiger partial charge in [-0.25, -0.2) is 5.84 Å². The molecule has 1 aliphatic heterocycles. The Bertz CT molecular complexity index is 512. The van der Waals surface area contributed by atoms with Gasteiger partial charge in [0.2, 0.25) is 5.91 Å². The maximum atomic E-state index is 11.8. The van der Waals surface area contributed by atoms with Crippen LogP contribution in [0.5, 0.6) is 0 Å². The molecule has 0 atom stereocenters. The third-order valence-electron chi connectivity index (χ3n) is 3.48. The second kappa shape index (κ2) is 6.06. The largest absolute Gasteiger partial charge is 0.464 e. The Labute approximate surface area is 117 Å². The molecule has 1 aliphatic rings. The van der Waals surface area contributed by atoms with Crippen LogP contribution in [0.4, 0.5) is 0 Å². The van der Waals surface area contributed by atoms with Crippen molar-refractivity contribution in [1.82, 2.24) is 15.2 Å². The van der Waals surface area contributed by atoms with E-state index in [1.54, 1.807) is 17.9 Å². The first-order chi connectivity index (χ1) is 9.51. The number of aryl methyl sites for hydroxylation is 1. The van der Waals surface area contributed by atoms with Crippen LogP contribution in [0.15, 0.2) is 10.5 Å². The monoisotopic (exact) mass is 280 g/mol. The third kappa shape index (κ3) is 3.17. The minimum absolute atomic E-state index is 0.103. The Morgan fingerprint density at radius 2 is 2.25 bits per heavy atom. The number of nitrogens with one attached hydrogen (secondary N) is 1. The fourth-order valence-electron chi connectivity index (χ4n) is 2.33. The number of amides is 2. The molecule has 0 spiro atoms. The van der Waals surface area contributed by atoms with E-state index in [-0.39, 0.29) is 11.8 Å². The molecule has 0 aromatic carbocycles. The van der Waals surface area contributed by atoms with E-state index in [1.807, 2.05) is 11.9 Å². The first-order valence-electron chi connectivity index (χ1n) is 6.58. The summed E-state index contributed by atoms with van der Waals surface area (Å²) in [6.07, 6.45) is 0.929. The van der Waals surface area contributed by atoms with Gasteiger partial charge in [-0.3, -0.25) is 19.9 Å². The Hall–Kier alpha value is -1.86. The van der Waals surface area contributed by atoms with Crippen molar-refractivity contribution in [2.75, 3.05) is 26.7 Å². The van der Waals surface area contributed by atoms with Crippen molar-refractivity contribution in [1.29, 1.82) is 0 Å². The van der Waals surface area contributed by atoms with E-state index in [2.05, 4.69) is 5.43 Å². The Kier molecular flexibility index (Phi) is 4.41. The molecule has 20 heavy (non-hydrogen) atoms. The number of nitrogen functional groups attached to an aromatic ring is 1. The van der Waals surface area contributed by atoms with Crippen molar-refractivity contribution in [2.45, 2.75) is 19.9 Å². The quantitative estimate of drug-likeness (QED) is 0.456. The smallest absolute Gasteiger partial charge is 0.268 e. The Morgan fingerprint density at radius 1 is 1.50 bits per heavy atom. The van der Waals surface area contributed by atoms with Crippen molar-refractivity contribution in [2.24, 2.45) is 5.84 Å². The number of carbonyl (C=O) groups is 2. The van der Waals surface area contributed by atoms with Crippen LogP contribution in [-0.4, -0.2) is 48.3 Å². The molecule has 1 saturated heterocycles. The lowest BCUT2D eigenvalue weighted by Crippen LogP contribution is -2.34. The molecule has 3 N–H and O–H groups in total. The van der Waals surface area contributed by atoms with E-state index >= 15 is 0 Å². The fourth-order valence-corrected chi connectivity index (χ4v) is 2.33.